The van der Waals surface area contributed by atoms with Gasteiger partial charge in [0.2, 0.25) is 0 Å². The minimum Gasteiger partial charge on any atom is -0.508 e. The Bertz CT molecular complexity index is 763. The van der Waals surface area contributed by atoms with Crippen molar-refractivity contribution in [2.24, 2.45) is 0 Å². The second-order valence-corrected chi connectivity index (χ2v) is 5.34. The number of carboxylic acids is 1. The average Bonchev–Trinajstić information content (AvgIpc) is 3.10. The second-order valence-electron chi connectivity index (χ2n) is 4.39. The quantitative estimate of drug-likeness (QED) is 0.772. The fourth-order valence-electron chi connectivity index (χ4n) is 2.00. The van der Waals surface area contributed by atoms with E-state index in [1.165, 1.54) is 11.3 Å². The molecule has 0 aliphatic carbocycles. The number of phenols is 1. The molecule has 3 rings (SSSR count). The Labute approximate surface area is 123 Å². The third kappa shape index (κ3) is 2.63. The first-order valence-corrected chi connectivity index (χ1v) is 7.01. The molecule has 1 aromatic carbocycles. The van der Waals surface area contributed by atoms with Crippen LogP contribution in [-0.2, 0) is 6.54 Å². The fraction of sp³-hybridized carbons (Fsp3) is 0.0714. The van der Waals surface area contributed by atoms with Crippen LogP contribution in [0, 0.1) is 0 Å². The zero-order valence-electron chi connectivity index (χ0n) is 10.8. The number of rotatable bonds is 4. The molecule has 0 atom stereocenters. The average molecular weight is 301 g/mol. The van der Waals surface area contributed by atoms with E-state index < -0.39 is 5.97 Å². The van der Waals surface area contributed by atoms with Gasteiger partial charge < -0.3 is 10.2 Å². The van der Waals surface area contributed by atoms with Crippen LogP contribution in [0.5, 0.6) is 5.75 Å². The molecule has 0 aliphatic heterocycles. The first-order valence-electron chi connectivity index (χ1n) is 6.13. The third-order valence-electron chi connectivity index (χ3n) is 2.96. The number of hydrogen-bond acceptors (Lipinski definition) is 5. The molecule has 0 aliphatic rings. The van der Waals surface area contributed by atoms with Crippen molar-refractivity contribution in [1.82, 2.24) is 15.0 Å². The third-order valence-corrected chi connectivity index (χ3v) is 3.84. The summed E-state index contributed by atoms with van der Waals surface area (Å²) >= 11 is 1.44. The largest absolute Gasteiger partial charge is 0.508 e. The van der Waals surface area contributed by atoms with Crippen LogP contribution in [0.2, 0.25) is 0 Å². The molecule has 0 spiro atoms. The van der Waals surface area contributed by atoms with Gasteiger partial charge in [0.15, 0.2) is 5.69 Å². The number of carbonyl (C=O) groups is 1. The van der Waals surface area contributed by atoms with Crippen molar-refractivity contribution in [3.05, 3.63) is 53.0 Å². The van der Waals surface area contributed by atoms with Crippen molar-refractivity contribution in [2.75, 3.05) is 0 Å². The minimum atomic E-state index is -1.10. The van der Waals surface area contributed by atoms with Crippen LogP contribution < -0.4 is 0 Å². The zero-order chi connectivity index (χ0) is 14.8. The minimum absolute atomic E-state index is 0.0590. The molecule has 2 heterocycles. The second kappa shape index (κ2) is 5.37. The summed E-state index contributed by atoms with van der Waals surface area (Å²) in [5.74, 6) is -0.919. The molecule has 0 amide bonds. The molecule has 0 fully saturated rings. The maximum Gasteiger partial charge on any atom is 0.358 e. The van der Waals surface area contributed by atoms with Gasteiger partial charge in [-0.1, -0.05) is 23.4 Å². The van der Waals surface area contributed by atoms with Gasteiger partial charge in [-0.2, -0.15) is 0 Å². The Morgan fingerprint density at radius 3 is 2.62 bits per heavy atom. The van der Waals surface area contributed by atoms with E-state index in [0.29, 0.717) is 12.2 Å². The molecule has 6 nitrogen and oxygen atoms in total. The number of benzene rings is 1. The van der Waals surface area contributed by atoms with Gasteiger partial charge in [0.05, 0.1) is 11.4 Å². The van der Waals surface area contributed by atoms with Crippen molar-refractivity contribution in [3.63, 3.8) is 0 Å². The van der Waals surface area contributed by atoms with Crippen molar-refractivity contribution < 1.29 is 15.0 Å². The maximum atomic E-state index is 11.3. The molecule has 0 saturated carbocycles. The summed E-state index contributed by atoms with van der Waals surface area (Å²) in [5.41, 5.74) is 1.33. The van der Waals surface area contributed by atoms with Gasteiger partial charge in [-0.05, 0) is 29.1 Å². The Morgan fingerprint density at radius 1 is 1.24 bits per heavy atom. The maximum absolute atomic E-state index is 11.3. The summed E-state index contributed by atoms with van der Waals surface area (Å²) in [4.78, 5) is 12.1. The monoisotopic (exact) mass is 301 g/mol. The molecular formula is C14H11N3O3S. The number of aromatic nitrogens is 3. The first-order chi connectivity index (χ1) is 10.1. The van der Waals surface area contributed by atoms with E-state index in [1.54, 1.807) is 28.9 Å². The van der Waals surface area contributed by atoms with Gasteiger partial charge in [-0.15, -0.1) is 16.4 Å². The van der Waals surface area contributed by atoms with Crippen LogP contribution in [0.3, 0.4) is 0 Å². The lowest BCUT2D eigenvalue weighted by molar-refractivity contribution is 0.0691. The molecule has 3 aromatic rings. The van der Waals surface area contributed by atoms with E-state index in [-0.39, 0.29) is 11.4 Å². The van der Waals surface area contributed by atoms with E-state index in [9.17, 15) is 15.0 Å². The zero-order valence-corrected chi connectivity index (χ0v) is 11.6. The number of aromatic hydroxyl groups is 1. The van der Waals surface area contributed by atoms with E-state index in [2.05, 4.69) is 10.3 Å². The van der Waals surface area contributed by atoms with Crippen LogP contribution in [0.15, 0.2) is 41.8 Å². The number of nitrogens with zero attached hydrogens (tertiary/aromatic N) is 3. The predicted molar refractivity (Wildman–Crippen MR) is 77.5 cm³/mol. The van der Waals surface area contributed by atoms with Crippen LogP contribution >= 0.6 is 11.3 Å². The highest BCUT2D eigenvalue weighted by molar-refractivity contribution is 7.13. The van der Waals surface area contributed by atoms with Crippen LogP contribution in [0.1, 0.15) is 16.1 Å². The lowest BCUT2D eigenvalue weighted by Gasteiger charge is -2.06. The standard InChI is InChI=1S/C14H11N3O3S/c18-10-5-3-9(4-6-10)8-17-13(11-2-1-7-21-11)12(14(19)20)15-16-17/h1-7,18H,8H2,(H,19,20). The Kier molecular flexibility index (Phi) is 3.41. The summed E-state index contributed by atoms with van der Waals surface area (Å²) in [6.45, 7) is 0.383. The highest BCUT2D eigenvalue weighted by Gasteiger charge is 2.21. The molecular weight excluding hydrogens is 290 g/mol. The van der Waals surface area contributed by atoms with Gasteiger partial charge in [-0.3, -0.25) is 0 Å². The number of aromatic carboxylic acids is 1. The Balaban J connectivity index is 2.03. The number of carboxylic acid groups (broad SMARTS) is 1. The molecule has 2 aromatic heterocycles. The number of thiophene rings is 1. The lowest BCUT2D eigenvalue weighted by Crippen LogP contribution is -2.05. The number of hydrogen-bond donors (Lipinski definition) is 2. The predicted octanol–water partition coefficient (Wildman–Crippen LogP) is 2.46. The van der Waals surface area contributed by atoms with Gasteiger partial charge in [0.1, 0.15) is 11.4 Å². The van der Waals surface area contributed by atoms with Crippen LogP contribution in [-0.4, -0.2) is 31.2 Å². The van der Waals surface area contributed by atoms with E-state index in [0.717, 1.165) is 10.4 Å². The van der Waals surface area contributed by atoms with Crippen LogP contribution in [0.25, 0.3) is 10.6 Å². The molecule has 0 bridgehead atoms. The van der Waals surface area contributed by atoms with Crippen molar-refractivity contribution in [3.8, 4) is 16.3 Å². The van der Waals surface area contributed by atoms with Crippen LogP contribution in [0.4, 0.5) is 0 Å². The van der Waals surface area contributed by atoms with Gasteiger partial charge in [0, 0.05) is 0 Å². The van der Waals surface area contributed by atoms with Gasteiger partial charge >= 0.3 is 5.97 Å². The fourth-order valence-corrected chi connectivity index (χ4v) is 2.77. The summed E-state index contributed by atoms with van der Waals surface area (Å²) in [6.07, 6.45) is 0. The summed E-state index contributed by atoms with van der Waals surface area (Å²) < 4.78 is 1.56. The molecule has 106 valence electrons. The van der Waals surface area contributed by atoms with Gasteiger partial charge in [-0.25, -0.2) is 9.48 Å². The molecule has 0 saturated heterocycles. The molecule has 2 N–H and O–H groups in total. The van der Waals surface area contributed by atoms with E-state index in [1.807, 2.05) is 17.5 Å². The first kappa shape index (κ1) is 13.3. The Hall–Kier alpha value is -2.67. The Morgan fingerprint density at radius 2 is 2.00 bits per heavy atom. The van der Waals surface area contributed by atoms with Crippen molar-refractivity contribution in [2.45, 2.75) is 6.54 Å². The highest BCUT2D eigenvalue weighted by Crippen LogP contribution is 2.27. The SMILES string of the molecule is O=C(O)c1nnn(Cc2ccc(O)cc2)c1-c1cccs1. The summed E-state index contributed by atoms with van der Waals surface area (Å²) in [7, 11) is 0. The molecule has 21 heavy (non-hydrogen) atoms. The normalized spacial score (nSPS) is 10.7. The summed E-state index contributed by atoms with van der Waals surface area (Å²) in [6, 6.07) is 10.4. The van der Waals surface area contributed by atoms with Gasteiger partial charge in [0.25, 0.3) is 0 Å². The number of phenolic OH excluding ortho intramolecular Hbond substituents is 1. The smallest absolute Gasteiger partial charge is 0.358 e. The molecule has 7 heteroatoms. The topological polar surface area (TPSA) is 88.2 Å². The van der Waals surface area contributed by atoms with Crippen molar-refractivity contribution >= 4 is 17.3 Å². The molecule has 0 unspecified atom stereocenters. The lowest BCUT2D eigenvalue weighted by atomic mass is 10.2. The van der Waals surface area contributed by atoms with Crippen molar-refractivity contribution in [1.29, 1.82) is 0 Å². The highest BCUT2D eigenvalue weighted by atomic mass is 32.1. The summed E-state index contributed by atoms with van der Waals surface area (Å²) in [5, 5.41) is 28.1. The molecule has 0 radical (unpaired) electrons. The van der Waals surface area contributed by atoms with E-state index >= 15 is 0 Å². The van der Waals surface area contributed by atoms with E-state index in [4.69, 9.17) is 0 Å².